The lowest BCUT2D eigenvalue weighted by atomic mass is 10.2. The molecule has 3 rings (SSSR count). The SMILES string of the molecule is Cc1ccc2nc(NC(=O)c3cc(S(=O)(=O)N(C)C(C)C)ccc3Cl)sc2c1. The minimum Gasteiger partial charge on any atom is -0.298 e. The third-order valence-corrected chi connectivity index (χ3v) is 7.64. The molecule has 0 bridgehead atoms. The average Bonchev–Trinajstić information content (AvgIpc) is 3.02. The van der Waals surface area contributed by atoms with Gasteiger partial charge in [-0.2, -0.15) is 4.31 Å². The van der Waals surface area contributed by atoms with Crippen LogP contribution in [0.2, 0.25) is 5.02 Å². The molecule has 0 spiro atoms. The maximum absolute atomic E-state index is 12.7. The molecule has 0 aliphatic rings. The second kappa shape index (κ2) is 7.79. The summed E-state index contributed by atoms with van der Waals surface area (Å²) in [5.74, 6) is -0.509. The first-order valence-corrected chi connectivity index (χ1v) is 11.2. The highest BCUT2D eigenvalue weighted by molar-refractivity contribution is 7.89. The highest BCUT2D eigenvalue weighted by Gasteiger charge is 2.25. The summed E-state index contributed by atoms with van der Waals surface area (Å²) in [4.78, 5) is 17.1. The second-order valence-corrected chi connectivity index (χ2v) is 10.1. The van der Waals surface area contributed by atoms with E-state index in [1.807, 2.05) is 25.1 Å². The van der Waals surface area contributed by atoms with Crippen LogP contribution in [0.4, 0.5) is 5.13 Å². The summed E-state index contributed by atoms with van der Waals surface area (Å²) in [7, 11) is -2.23. The van der Waals surface area contributed by atoms with E-state index >= 15 is 0 Å². The topological polar surface area (TPSA) is 79.4 Å². The number of sulfonamides is 1. The van der Waals surface area contributed by atoms with Crippen LogP contribution in [0.5, 0.6) is 0 Å². The summed E-state index contributed by atoms with van der Waals surface area (Å²) in [6, 6.07) is 9.72. The van der Waals surface area contributed by atoms with Crippen LogP contribution in [0.15, 0.2) is 41.3 Å². The Morgan fingerprint density at radius 2 is 1.93 bits per heavy atom. The van der Waals surface area contributed by atoms with Crippen LogP contribution in [-0.2, 0) is 10.0 Å². The summed E-state index contributed by atoms with van der Waals surface area (Å²) in [5.41, 5.74) is 1.96. The molecule has 0 fully saturated rings. The average molecular weight is 438 g/mol. The van der Waals surface area contributed by atoms with Gasteiger partial charge in [0.15, 0.2) is 5.13 Å². The van der Waals surface area contributed by atoms with Gasteiger partial charge in [0, 0.05) is 13.1 Å². The van der Waals surface area contributed by atoms with E-state index in [4.69, 9.17) is 11.6 Å². The number of aromatic nitrogens is 1. The number of anilines is 1. The molecule has 0 aliphatic carbocycles. The van der Waals surface area contributed by atoms with Crippen molar-refractivity contribution in [3.8, 4) is 0 Å². The van der Waals surface area contributed by atoms with E-state index in [-0.39, 0.29) is 21.5 Å². The highest BCUT2D eigenvalue weighted by Crippen LogP contribution is 2.28. The quantitative estimate of drug-likeness (QED) is 0.635. The number of carbonyl (C=O) groups excluding carboxylic acids is 1. The van der Waals surface area contributed by atoms with Crippen LogP contribution in [0.1, 0.15) is 29.8 Å². The van der Waals surface area contributed by atoms with Crippen molar-refractivity contribution in [1.82, 2.24) is 9.29 Å². The van der Waals surface area contributed by atoms with E-state index in [0.717, 1.165) is 15.8 Å². The molecule has 0 saturated carbocycles. The van der Waals surface area contributed by atoms with Gasteiger partial charge in [-0.3, -0.25) is 10.1 Å². The first-order chi connectivity index (χ1) is 13.1. The van der Waals surface area contributed by atoms with Crippen molar-refractivity contribution in [2.75, 3.05) is 12.4 Å². The smallest absolute Gasteiger partial charge is 0.259 e. The lowest BCUT2D eigenvalue weighted by Crippen LogP contribution is -2.33. The van der Waals surface area contributed by atoms with Gasteiger partial charge in [-0.1, -0.05) is 29.0 Å². The summed E-state index contributed by atoms with van der Waals surface area (Å²) in [5, 5.41) is 3.31. The standard InChI is InChI=1S/C19H20ClN3O3S2/c1-11(2)23(4)28(25,26)13-6-7-15(20)14(10-13)18(24)22-19-21-16-8-5-12(3)9-17(16)27-19/h5-11H,1-4H3,(H,21,22,24). The highest BCUT2D eigenvalue weighted by atomic mass is 35.5. The number of nitrogens with zero attached hydrogens (tertiary/aromatic N) is 2. The molecule has 3 aromatic rings. The molecule has 0 saturated heterocycles. The van der Waals surface area contributed by atoms with E-state index in [9.17, 15) is 13.2 Å². The molecule has 1 N–H and O–H groups in total. The summed E-state index contributed by atoms with van der Waals surface area (Å²) in [6.45, 7) is 5.53. The number of fused-ring (bicyclic) bond motifs is 1. The monoisotopic (exact) mass is 437 g/mol. The fourth-order valence-corrected chi connectivity index (χ4v) is 5.09. The molecule has 0 aliphatic heterocycles. The number of benzene rings is 2. The zero-order valence-corrected chi connectivity index (χ0v) is 18.2. The fourth-order valence-electron chi connectivity index (χ4n) is 2.53. The van der Waals surface area contributed by atoms with Crippen molar-refractivity contribution in [2.45, 2.75) is 31.7 Å². The van der Waals surface area contributed by atoms with E-state index in [1.54, 1.807) is 13.8 Å². The van der Waals surface area contributed by atoms with E-state index < -0.39 is 15.9 Å². The molecule has 0 unspecified atom stereocenters. The molecule has 9 heteroatoms. The molecule has 2 aromatic carbocycles. The maximum atomic E-state index is 12.7. The summed E-state index contributed by atoms with van der Waals surface area (Å²) < 4.78 is 27.6. The Morgan fingerprint density at radius 1 is 1.21 bits per heavy atom. The van der Waals surface area contributed by atoms with Crippen molar-refractivity contribution in [3.05, 3.63) is 52.5 Å². The third kappa shape index (κ3) is 4.05. The number of thiazole rings is 1. The number of hydrogen-bond donors (Lipinski definition) is 1. The van der Waals surface area contributed by atoms with Gasteiger partial charge < -0.3 is 0 Å². The molecule has 1 aromatic heterocycles. The first-order valence-electron chi connectivity index (χ1n) is 8.55. The van der Waals surface area contributed by atoms with E-state index in [1.165, 1.54) is 40.9 Å². The zero-order valence-electron chi connectivity index (χ0n) is 15.9. The molecule has 28 heavy (non-hydrogen) atoms. The van der Waals surface area contributed by atoms with Crippen LogP contribution in [0.3, 0.4) is 0 Å². The normalized spacial score (nSPS) is 12.1. The molecule has 148 valence electrons. The predicted molar refractivity (Wildman–Crippen MR) is 114 cm³/mol. The van der Waals surface area contributed by atoms with Gasteiger partial charge in [0.2, 0.25) is 10.0 Å². The first kappa shape index (κ1) is 20.7. The number of rotatable bonds is 5. The lowest BCUT2D eigenvalue weighted by Gasteiger charge is -2.21. The van der Waals surface area contributed by atoms with Crippen LogP contribution in [0.25, 0.3) is 10.2 Å². The predicted octanol–water partition coefficient (Wildman–Crippen LogP) is 4.54. The number of halogens is 1. The van der Waals surface area contributed by atoms with Gasteiger partial charge in [0.1, 0.15) is 0 Å². The zero-order chi connectivity index (χ0) is 20.6. The number of hydrogen-bond acceptors (Lipinski definition) is 5. The van der Waals surface area contributed by atoms with Gasteiger partial charge in [-0.05, 0) is 56.7 Å². The minimum atomic E-state index is -3.73. The summed E-state index contributed by atoms with van der Waals surface area (Å²) in [6.07, 6.45) is 0. The largest absolute Gasteiger partial charge is 0.298 e. The van der Waals surface area contributed by atoms with Gasteiger partial charge in [-0.25, -0.2) is 13.4 Å². The Balaban J connectivity index is 1.92. The van der Waals surface area contributed by atoms with E-state index in [2.05, 4.69) is 10.3 Å². The summed E-state index contributed by atoms with van der Waals surface area (Å²) >= 11 is 7.51. The molecule has 0 radical (unpaired) electrons. The van der Waals surface area contributed by atoms with Gasteiger partial charge >= 0.3 is 0 Å². The van der Waals surface area contributed by atoms with Gasteiger partial charge in [0.05, 0.1) is 25.7 Å². The molecular weight excluding hydrogens is 418 g/mol. The van der Waals surface area contributed by atoms with Crippen molar-refractivity contribution in [3.63, 3.8) is 0 Å². The number of aryl methyl sites for hydroxylation is 1. The van der Waals surface area contributed by atoms with Crippen LogP contribution < -0.4 is 5.32 Å². The third-order valence-electron chi connectivity index (χ3n) is 4.35. The van der Waals surface area contributed by atoms with Crippen molar-refractivity contribution >= 4 is 54.2 Å². The lowest BCUT2D eigenvalue weighted by molar-refractivity contribution is 0.102. The molecule has 6 nitrogen and oxygen atoms in total. The van der Waals surface area contributed by atoms with Gasteiger partial charge in [-0.15, -0.1) is 0 Å². The van der Waals surface area contributed by atoms with Crippen molar-refractivity contribution < 1.29 is 13.2 Å². The van der Waals surface area contributed by atoms with Gasteiger partial charge in [0.25, 0.3) is 5.91 Å². The van der Waals surface area contributed by atoms with Crippen molar-refractivity contribution in [2.24, 2.45) is 0 Å². The molecule has 1 amide bonds. The number of carbonyl (C=O) groups is 1. The molecule has 1 heterocycles. The molecule has 0 atom stereocenters. The fraction of sp³-hybridized carbons (Fsp3) is 0.263. The van der Waals surface area contributed by atoms with Crippen LogP contribution >= 0.6 is 22.9 Å². The molecular formula is C19H20ClN3O3S2. The Kier molecular flexibility index (Phi) is 5.77. The Labute approximate surface area is 173 Å². The Morgan fingerprint density at radius 3 is 2.61 bits per heavy atom. The van der Waals surface area contributed by atoms with Crippen LogP contribution in [0, 0.1) is 6.92 Å². The van der Waals surface area contributed by atoms with Crippen molar-refractivity contribution in [1.29, 1.82) is 0 Å². The maximum Gasteiger partial charge on any atom is 0.259 e. The number of nitrogens with one attached hydrogen (secondary N) is 1. The number of amides is 1. The second-order valence-electron chi connectivity index (χ2n) is 6.70. The Hall–Kier alpha value is -2.00. The van der Waals surface area contributed by atoms with E-state index in [0.29, 0.717) is 5.13 Å². The Bertz CT molecular complexity index is 1160. The minimum absolute atomic E-state index is 0.0122. The van der Waals surface area contributed by atoms with Crippen LogP contribution in [-0.4, -0.2) is 36.7 Å².